The molecule has 0 fully saturated rings. The maximum absolute atomic E-state index is 9.79. The summed E-state index contributed by atoms with van der Waals surface area (Å²) in [4.78, 5) is 4.68. The quantitative estimate of drug-likeness (QED) is 0.243. The fourth-order valence-electron chi connectivity index (χ4n) is 5.52. The van der Waals surface area contributed by atoms with Gasteiger partial charge in [0.2, 0.25) is 0 Å². The van der Waals surface area contributed by atoms with Gasteiger partial charge < -0.3 is 20.4 Å². The van der Waals surface area contributed by atoms with Gasteiger partial charge in [-0.1, -0.05) is 87.2 Å². The molecule has 0 unspecified atom stereocenters. The van der Waals surface area contributed by atoms with Gasteiger partial charge in [-0.3, -0.25) is 0 Å². The lowest BCUT2D eigenvalue weighted by molar-refractivity contribution is 0.308. The Morgan fingerprint density at radius 2 is 1.66 bits per heavy atom. The van der Waals surface area contributed by atoms with E-state index in [1.807, 2.05) is 12.1 Å². The van der Waals surface area contributed by atoms with E-state index >= 15 is 0 Å². The minimum atomic E-state index is 0.391. The first-order chi connectivity index (χ1) is 19.7. The standard InChI is InChI=1S/C36H45N5/c1-26(2)38-17-18-39-28(4)24-41(25-29(5)40(6)35-21-32-9-7-8-10-33(32)22-35)36-20-31(23-37)15-16-34(36)19-30-13-11-27(3)12-14-30/h7-16,20,26,35,38-39H,4-5,17-19,21-22,24-25H2,1-3,6H3. The molecule has 1 aliphatic rings. The van der Waals surface area contributed by atoms with Crippen molar-refractivity contribution in [2.75, 3.05) is 38.1 Å². The van der Waals surface area contributed by atoms with Crippen LogP contribution in [0.25, 0.3) is 0 Å². The van der Waals surface area contributed by atoms with Crippen LogP contribution in [-0.2, 0) is 19.3 Å². The molecule has 1 aliphatic carbocycles. The number of hydrogen-bond acceptors (Lipinski definition) is 5. The molecule has 3 aromatic carbocycles. The number of nitrogens with one attached hydrogen (secondary N) is 2. The Kier molecular flexibility index (Phi) is 10.3. The first-order valence-electron chi connectivity index (χ1n) is 14.7. The van der Waals surface area contributed by atoms with E-state index in [2.05, 4.69) is 122 Å². The van der Waals surface area contributed by atoms with Crippen molar-refractivity contribution in [3.63, 3.8) is 0 Å². The van der Waals surface area contributed by atoms with Crippen LogP contribution in [0.4, 0.5) is 5.69 Å². The molecular weight excluding hydrogens is 502 g/mol. The lowest BCUT2D eigenvalue weighted by atomic mass is 9.99. The van der Waals surface area contributed by atoms with Gasteiger partial charge in [-0.2, -0.15) is 5.26 Å². The molecular formula is C36H45N5. The average Bonchev–Trinajstić information content (AvgIpc) is 3.40. The van der Waals surface area contributed by atoms with Crippen LogP contribution in [0, 0.1) is 18.3 Å². The number of fused-ring (bicyclic) bond motifs is 1. The van der Waals surface area contributed by atoms with E-state index in [0.717, 1.165) is 49.4 Å². The summed E-state index contributed by atoms with van der Waals surface area (Å²) >= 11 is 0. The van der Waals surface area contributed by atoms with Crippen LogP contribution in [0.5, 0.6) is 0 Å². The third-order valence-electron chi connectivity index (χ3n) is 7.95. The van der Waals surface area contributed by atoms with Gasteiger partial charge in [-0.05, 0) is 60.6 Å². The molecule has 0 aliphatic heterocycles. The zero-order chi connectivity index (χ0) is 29.4. The van der Waals surface area contributed by atoms with Crippen molar-refractivity contribution in [3.8, 4) is 6.07 Å². The van der Waals surface area contributed by atoms with E-state index in [4.69, 9.17) is 0 Å². The summed E-state index contributed by atoms with van der Waals surface area (Å²) in [6.45, 7) is 18.3. The van der Waals surface area contributed by atoms with Gasteiger partial charge in [0.1, 0.15) is 0 Å². The molecule has 0 heterocycles. The number of rotatable bonds is 14. The van der Waals surface area contributed by atoms with Crippen molar-refractivity contribution < 1.29 is 0 Å². The summed E-state index contributed by atoms with van der Waals surface area (Å²) in [5, 5.41) is 16.8. The first-order valence-corrected chi connectivity index (χ1v) is 14.7. The molecule has 41 heavy (non-hydrogen) atoms. The van der Waals surface area contributed by atoms with Gasteiger partial charge >= 0.3 is 0 Å². The highest BCUT2D eigenvalue weighted by molar-refractivity contribution is 5.60. The number of nitrogens with zero attached hydrogens (tertiary/aromatic N) is 3. The van der Waals surface area contributed by atoms with Gasteiger partial charge in [0.05, 0.1) is 24.7 Å². The van der Waals surface area contributed by atoms with Crippen molar-refractivity contribution >= 4 is 5.69 Å². The number of benzene rings is 3. The van der Waals surface area contributed by atoms with Gasteiger partial charge in [-0.15, -0.1) is 0 Å². The molecule has 0 amide bonds. The van der Waals surface area contributed by atoms with E-state index in [0.29, 0.717) is 30.7 Å². The van der Waals surface area contributed by atoms with E-state index < -0.39 is 0 Å². The molecule has 0 aromatic heterocycles. The van der Waals surface area contributed by atoms with Gasteiger partial charge in [0.15, 0.2) is 0 Å². The number of likely N-dealkylation sites (N-methyl/N-ethyl adjacent to an activating group) is 1. The Bertz CT molecular complexity index is 1360. The number of hydrogen-bond donors (Lipinski definition) is 2. The third kappa shape index (κ3) is 8.25. The fraction of sp³-hybridized carbons (Fsp3) is 0.361. The highest BCUT2D eigenvalue weighted by Gasteiger charge is 2.26. The average molecular weight is 548 g/mol. The number of nitriles is 1. The summed E-state index contributed by atoms with van der Waals surface area (Å²) in [7, 11) is 2.17. The van der Waals surface area contributed by atoms with Crippen molar-refractivity contribution in [2.45, 2.75) is 52.1 Å². The van der Waals surface area contributed by atoms with Gasteiger partial charge in [0.25, 0.3) is 0 Å². The van der Waals surface area contributed by atoms with Crippen molar-refractivity contribution in [1.29, 1.82) is 5.26 Å². The maximum atomic E-state index is 9.79. The third-order valence-corrected chi connectivity index (χ3v) is 7.95. The lowest BCUT2D eigenvalue weighted by Gasteiger charge is -2.35. The molecule has 4 rings (SSSR count). The normalized spacial score (nSPS) is 12.6. The smallest absolute Gasteiger partial charge is 0.0992 e. The molecule has 2 N–H and O–H groups in total. The summed E-state index contributed by atoms with van der Waals surface area (Å²) in [6.07, 6.45) is 2.85. The molecule has 3 aromatic rings. The number of anilines is 1. The summed E-state index contributed by atoms with van der Waals surface area (Å²) < 4.78 is 0. The SMILES string of the molecule is C=C(CN(CC(=C)N(C)C1Cc2ccccc2C1)c1cc(C#N)ccc1Cc1ccc(C)cc1)NCCNC(C)C. The molecule has 0 atom stereocenters. The fourth-order valence-corrected chi connectivity index (χ4v) is 5.52. The Hall–Kier alpha value is -4.01. The number of aryl methyl sites for hydroxylation is 1. The minimum absolute atomic E-state index is 0.391. The summed E-state index contributed by atoms with van der Waals surface area (Å²) in [5.74, 6) is 0. The van der Waals surface area contributed by atoms with Crippen molar-refractivity contribution in [3.05, 3.63) is 125 Å². The van der Waals surface area contributed by atoms with E-state index in [1.165, 1.54) is 27.8 Å². The summed E-state index contributed by atoms with van der Waals surface area (Å²) in [6, 6.07) is 26.7. The molecule has 0 radical (unpaired) electrons. The van der Waals surface area contributed by atoms with Crippen LogP contribution in [0.1, 0.15) is 47.2 Å². The first kappa shape index (κ1) is 30.0. The van der Waals surface area contributed by atoms with E-state index in [9.17, 15) is 5.26 Å². The van der Waals surface area contributed by atoms with Gasteiger partial charge in [-0.25, -0.2) is 0 Å². The van der Waals surface area contributed by atoms with Crippen LogP contribution < -0.4 is 15.5 Å². The minimum Gasteiger partial charge on any atom is -0.386 e. The zero-order valence-corrected chi connectivity index (χ0v) is 25.2. The molecule has 5 heteroatoms. The second-order valence-corrected chi connectivity index (χ2v) is 11.6. The molecule has 214 valence electrons. The molecule has 5 nitrogen and oxygen atoms in total. The molecule has 0 bridgehead atoms. The Balaban J connectivity index is 1.57. The van der Waals surface area contributed by atoms with Crippen LogP contribution in [-0.4, -0.2) is 50.2 Å². The molecule has 0 spiro atoms. The van der Waals surface area contributed by atoms with Crippen LogP contribution >= 0.6 is 0 Å². The topological polar surface area (TPSA) is 54.3 Å². The van der Waals surface area contributed by atoms with Crippen LogP contribution in [0.2, 0.25) is 0 Å². The monoisotopic (exact) mass is 547 g/mol. The second-order valence-electron chi connectivity index (χ2n) is 11.6. The predicted molar refractivity (Wildman–Crippen MR) is 172 cm³/mol. The largest absolute Gasteiger partial charge is 0.386 e. The van der Waals surface area contributed by atoms with Crippen LogP contribution in [0.15, 0.2) is 91.3 Å². The predicted octanol–water partition coefficient (Wildman–Crippen LogP) is 5.98. The second kappa shape index (κ2) is 14.1. The Morgan fingerprint density at radius 1 is 0.976 bits per heavy atom. The lowest BCUT2D eigenvalue weighted by Crippen LogP contribution is -2.40. The maximum Gasteiger partial charge on any atom is 0.0992 e. The van der Waals surface area contributed by atoms with E-state index in [-0.39, 0.29) is 0 Å². The van der Waals surface area contributed by atoms with Gasteiger partial charge in [0, 0.05) is 49.3 Å². The van der Waals surface area contributed by atoms with E-state index in [1.54, 1.807) is 0 Å². The summed E-state index contributed by atoms with van der Waals surface area (Å²) in [5.41, 5.74) is 10.3. The highest BCUT2D eigenvalue weighted by Crippen LogP contribution is 2.29. The molecule has 0 saturated carbocycles. The Labute approximate surface area is 247 Å². The molecule has 0 saturated heterocycles. The van der Waals surface area contributed by atoms with Crippen LogP contribution in [0.3, 0.4) is 0 Å². The zero-order valence-electron chi connectivity index (χ0n) is 25.2. The van der Waals surface area contributed by atoms with Crippen molar-refractivity contribution in [1.82, 2.24) is 15.5 Å². The Morgan fingerprint density at radius 3 is 2.29 bits per heavy atom. The van der Waals surface area contributed by atoms with Crippen molar-refractivity contribution in [2.24, 2.45) is 0 Å². The highest BCUT2D eigenvalue weighted by atomic mass is 15.2.